The van der Waals surface area contributed by atoms with E-state index in [0.717, 1.165) is 18.4 Å². The molecule has 2 aromatic rings. The van der Waals surface area contributed by atoms with Crippen LogP contribution in [0.1, 0.15) is 34.7 Å². The van der Waals surface area contributed by atoms with Crippen molar-refractivity contribution in [2.75, 3.05) is 25.4 Å². The van der Waals surface area contributed by atoms with Crippen LogP contribution < -0.4 is 11.1 Å². The highest BCUT2D eigenvalue weighted by Gasteiger charge is 2.31. The summed E-state index contributed by atoms with van der Waals surface area (Å²) in [5.74, 6) is -0.176. The SMILES string of the molecule is Cc1oc(C(=O)NCCc2ccc(N)cc2)cc1S(=O)(=O)N1CCCC1.Cl. The molecule has 148 valence electrons. The van der Waals surface area contributed by atoms with Crippen molar-refractivity contribution in [3.63, 3.8) is 0 Å². The lowest BCUT2D eigenvalue weighted by Crippen LogP contribution is -2.28. The number of rotatable bonds is 6. The number of carbonyl (C=O) groups excluding carboxylic acids is 1. The zero-order valence-electron chi connectivity index (χ0n) is 15.1. The number of nitrogen functional groups attached to an aromatic ring is 1. The molecule has 2 heterocycles. The highest BCUT2D eigenvalue weighted by Crippen LogP contribution is 2.26. The summed E-state index contributed by atoms with van der Waals surface area (Å²) in [7, 11) is -3.60. The second-order valence-corrected chi connectivity index (χ2v) is 8.30. The maximum Gasteiger partial charge on any atom is 0.287 e. The lowest BCUT2D eigenvalue weighted by atomic mass is 10.1. The van der Waals surface area contributed by atoms with Crippen LogP contribution in [0.2, 0.25) is 0 Å². The van der Waals surface area contributed by atoms with Crippen LogP contribution in [-0.2, 0) is 16.4 Å². The third kappa shape index (κ3) is 4.82. The molecule has 1 saturated heterocycles. The molecule has 3 N–H and O–H groups in total. The molecular weight excluding hydrogens is 390 g/mol. The van der Waals surface area contributed by atoms with Gasteiger partial charge in [-0.3, -0.25) is 4.79 Å². The van der Waals surface area contributed by atoms with Crippen LogP contribution in [0.4, 0.5) is 5.69 Å². The molecule has 0 bridgehead atoms. The molecule has 0 atom stereocenters. The van der Waals surface area contributed by atoms with Crippen LogP contribution in [0.15, 0.2) is 39.6 Å². The largest absolute Gasteiger partial charge is 0.455 e. The summed E-state index contributed by atoms with van der Waals surface area (Å²) < 4.78 is 32.1. The predicted molar refractivity (Wildman–Crippen MR) is 106 cm³/mol. The Balaban J connectivity index is 0.00000261. The molecule has 0 spiro atoms. The van der Waals surface area contributed by atoms with Crippen LogP contribution in [0.3, 0.4) is 0 Å². The molecule has 9 heteroatoms. The normalized spacial score (nSPS) is 14.7. The van der Waals surface area contributed by atoms with E-state index in [0.29, 0.717) is 31.7 Å². The molecule has 0 radical (unpaired) electrons. The fourth-order valence-electron chi connectivity index (χ4n) is 2.99. The highest BCUT2D eigenvalue weighted by molar-refractivity contribution is 7.89. The van der Waals surface area contributed by atoms with E-state index >= 15 is 0 Å². The van der Waals surface area contributed by atoms with Gasteiger partial charge in [-0.05, 0) is 43.9 Å². The molecule has 1 fully saturated rings. The van der Waals surface area contributed by atoms with E-state index in [2.05, 4.69) is 5.32 Å². The van der Waals surface area contributed by atoms with Crippen LogP contribution in [0.25, 0.3) is 0 Å². The van der Waals surface area contributed by atoms with Gasteiger partial charge in [0.05, 0.1) is 0 Å². The van der Waals surface area contributed by atoms with Crippen LogP contribution in [-0.4, -0.2) is 38.3 Å². The second-order valence-electron chi connectivity index (χ2n) is 6.39. The first-order valence-electron chi connectivity index (χ1n) is 8.61. The van der Waals surface area contributed by atoms with Gasteiger partial charge in [-0.1, -0.05) is 12.1 Å². The molecule has 0 saturated carbocycles. The smallest absolute Gasteiger partial charge is 0.287 e. The topological polar surface area (TPSA) is 106 Å². The van der Waals surface area contributed by atoms with Gasteiger partial charge in [0.2, 0.25) is 10.0 Å². The number of nitrogens with zero attached hydrogens (tertiary/aromatic N) is 1. The minimum Gasteiger partial charge on any atom is -0.455 e. The van der Waals surface area contributed by atoms with E-state index in [4.69, 9.17) is 10.2 Å². The van der Waals surface area contributed by atoms with Gasteiger partial charge in [-0.2, -0.15) is 4.31 Å². The third-order valence-electron chi connectivity index (χ3n) is 4.46. The number of nitrogens with one attached hydrogen (secondary N) is 1. The van der Waals surface area contributed by atoms with Gasteiger partial charge >= 0.3 is 0 Å². The molecule has 0 unspecified atom stereocenters. The Hall–Kier alpha value is -2.03. The average Bonchev–Trinajstić information content (AvgIpc) is 3.27. The van der Waals surface area contributed by atoms with Gasteiger partial charge < -0.3 is 15.5 Å². The molecule has 1 aromatic heterocycles. The number of amides is 1. The minimum atomic E-state index is -3.60. The summed E-state index contributed by atoms with van der Waals surface area (Å²) in [4.78, 5) is 12.3. The third-order valence-corrected chi connectivity index (χ3v) is 6.46. The summed E-state index contributed by atoms with van der Waals surface area (Å²) in [6, 6.07) is 8.74. The van der Waals surface area contributed by atoms with Crippen molar-refractivity contribution < 1.29 is 17.6 Å². The molecule has 0 aliphatic carbocycles. The van der Waals surface area contributed by atoms with Crippen LogP contribution in [0, 0.1) is 6.92 Å². The monoisotopic (exact) mass is 413 g/mol. The number of anilines is 1. The van der Waals surface area contributed by atoms with Crippen molar-refractivity contribution in [2.24, 2.45) is 0 Å². The maximum absolute atomic E-state index is 12.6. The number of hydrogen-bond donors (Lipinski definition) is 2. The number of aryl methyl sites for hydroxylation is 1. The van der Waals surface area contributed by atoms with Crippen molar-refractivity contribution in [1.82, 2.24) is 9.62 Å². The van der Waals surface area contributed by atoms with E-state index in [9.17, 15) is 13.2 Å². The van der Waals surface area contributed by atoms with Gasteiger partial charge in [-0.15, -0.1) is 12.4 Å². The van der Waals surface area contributed by atoms with Crippen molar-refractivity contribution in [1.29, 1.82) is 0 Å². The number of halogens is 1. The van der Waals surface area contributed by atoms with E-state index in [1.807, 2.05) is 24.3 Å². The number of hydrogen-bond acceptors (Lipinski definition) is 5. The molecular formula is C18H24ClN3O4S. The van der Waals surface area contributed by atoms with E-state index in [1.54, 1.807) is 6.92 Å². The zero-order valence-corrected chi connectivity index (χ0v) is 16.7. The van der Waals surface area contributed by atoms with Crippen molar-refractivity contribution in [3.8, 4) is 0 Å². The number of nitrogens with two attached hydrogens (primary N) is 1. The van der Waals surface area contributed by atoms with Gasteiger partial charge in [0.15, 0.2) is 5.76 Å². The molecule has 7 nitrogen and oxygen atoms in total. The Kier molecular flexibility index (Phi) is 6.91. The van der Waals surface area contributed by atoms with Crippen molar-refractivity contribution in [3.05, 3.63) is 47.4 Å². The second kappa shape index (κ2) is 8.77. The number of sulfonamides is 1. The van der Waals surface area contributed by atoms with Gasteiger partial charge in [-0.25, -0.2) is 8.42 Å². The molecule has 1 aliphatic heterocycles. The summed E-state index contributed by atoms with van der Waals surface area (Å²) in [6.07, 6.45) is 2.36. The van der Waals surface area contributed by atoms with Crippen molar-refractivity contribution >= 4 is 34.0 Å². The van der Waals surface area contributed by atoms with Crippen molar-refractivity contribution in [2.45, 2.75) is 31.1 Å². The standard InChI is InChI=1S/C18H23N3O4S.ClH/c1-13-17(26(23,24)21-10-2-3-11-21)12-16(25-13)18(22)20-9-8-14-4-6-15(19)7-5-14;/h4-7,12H,2-3,8-11,19H2,1H3,(H,20,22);1H. The predicted octanol–water partition coefficient (Wildman–Crippen LogP) is 2.35. The van der Waals surface area contributed by atoms with Gasteiger partial charge in [0, 0.05) is 31.4 Å². The summed E-state index contributed by atoms with van der Waals surface area (Å²) in [6.45, 7) is 3.00. The minimum absolute atomic E-state index is 0. The lowest BCUT2D eigenvalue weighted by Gasteiger charge is -2.14. The fourth-order valence-corrected chi connectivity index (χ4v) is 4.67. The Bertz CT molecular complexity index is 888. The van der Waals surface area contributed by atoms with E-state index < -0.39 is 15.9 Å². The average molecular weight is 414 g/mol. The first-order chi connectivity index (χ1) is 12.4. The number of benzene rings is 1. The summed E-state index contributed by atoms with van der Waals surface area (Å²) >= 11 is 0. The molecule has 1 aromatic carbocycles. The Morgan fingerprint density at radius 2 is 1.85 bits per heavy atom. The Morgan fingerprint density at radius 3 is 2.48 bits per heavy atom. The molecule has 3 rings (SSSR count). The molecule has 1 aliphatic rings. The van der Waals surface area contributed by atoms with E-state index in [1.165, 1.54) is 10.4 Å². The van der Waals surface area contributed by atoms with Crippen LogP contribution >= 0.6 is 12.4 Å². The quantitative estimate of drug-likeness (QED) is 0.707. The van der Waals surface area contributed by atoms with Gasteiger partial charge in [0.1, 0.15) is 10.7 Å². The molecule has 1 amide bonds. The fraction of sp³-hybridized carbons (Fsp3) is 0.389. The van der Waals surface area contributed by atoms with Gasteiger partial charge in [0.25, 0.3) is 5.91 Å². The number of carbonyl (C=O) groups is 1. The summed E-state index contributed by atoms with van der Waals surface area (Å²) in [5, 5.41) is 2.75. The Labute approximate surface area is 165 Å². The lowest BCUT2D eigenvalue weighted by molar-refractivity contribution is 0.0925. The molecule has 27 heavy (non-hydrogen) atoms. The van der Waals surface area contributed by atoms with E-state index in [-0.39, 0.29) is 28.8 Å². The first kappa shape index (κ1) is 21.3. The Morgan fingerprint density at radius 1 is 1.22 bits per heavy atom. The van der Waals surface area contributed by atoms with Crippen LogP contribution in [0.5, 0.6) is 0 Å². The highest BCUT2D eigenvalue weighted by atomic mass is 35.5. The zero-order chi connectivity index (χ0) is 18.7. The summed E-state index contributed by atoms with van der Waals surface area (Å²) in [5.41, 5.74) is 7.38. The number of furan rings is 1. The first-order valence-corrected chi connectivity index (χ1v) is 10.0. The maximum atomic E-state index is 12.6.